The molecule has 2 rings (SSSR count). The first-order valence-electron chi connectivity index (χ1n) is 6.60. The maximum atomic E-state index is 12.0. The maximum absolute atomic E-state index is 12.0. The highest BCUT2D eigenvalue weighted by atomic mass is 16.3. The number of carbonyl (C=O) groups is 1. The van der Waals surface area contributed by atoms with Gasteiger partial charge in [-0.2, -0.15) is 0 Å². The molecular formula is C14H16N4O3. The molecule has 0 aliphatic rings. The molecule has 0 aliphatic carbocycles. The number of aromatic hydroxyl groups is 2. The number of nitrogens with one attached hydrogen (secondary N) is 1. The van der Waals surface area contributed by atoms with Crippen LogP contribution in [0.1, 0.15) is 35.6 Å². The Bertz CT molecular complexity index is 653. The molecule has 21 heavy (non-hydrogen) atoms. The van der Waals surface area contributed by atoms with Crippen LogP contribution in [0.25, 0.3) is 0 Å². The molecule has 0 radical (unpaired) electrons. The second kappa shape index (κ2) is 6.17. The first-order chi connectivity index (χ1) is 10.0. The number of aryl methyl sites for hydroxylation is 2. The number of phenols is 2. The fourth-order valence-electron chi connectivity index (χ4n) is 1.89. The SMILES string of the molecule is CCc1nnc(NC(=O)c2cc(O)cc(O)c2)nc1CC. The number of hydrogen-bond acceptors (Lipinski definition) is 6. The lowest BCUT2D eigenvalue weighted by Gasteiger charge is -2.07. The minimum Gasteiger partial charge on any atom is -0.508 e. The molecule has 7 nitrogen and oxygen atoms in total. The van der Waals surface area contributed by atoms with Crippen molar-refractivity contribution < 1.29 is 15.0 Å². The Morgan fingerprint density at radius 2 is 1.67 bits per heavy atom. The number of amides is 1. The average Bonchev–Trinajstić information content (AvgIpc) is 2.46. The Balaban J connectivity index is 2.23. The van der Waals surface area contributed by atoms with Crippen LogP contribution in [-0.2, 0) is 12.8 Å². The molecule has 1 heterocycles. The number of rotatable bonds is 4. The number of phenolic OH excluding ortho intramolecular Hbond substituents is 2. The van der Waals surface area contributed by atoms with Crippen molar-refractivity contribution in [1.82, 2.24) is 15.2 Å². The minimum atomic E-state index is -0.533. The second-order valence-corrected chi connectivity index (χ2v) is 4.43. The molecule has 0 saturated heterocycles. The van der Waals surface area contributed by atoms with Gasteiger partial charge in [0.1, 0.15) is 11.5 Å². The lowest BCUT2D eigenvalue weighted by molar-refractivity contribution is 0.102. The summed E-state index contributed by atoms with van der Waals surface area (Å²) in [6, 6.07) is 3.62. The smallest absolute Gasteiger partial charge is 0.258 e. The highest BCUT2D eigenvalue weighted by molar-refractivity contribution is 6.03. The van der Waals surface area contributed by atoms with E-state index in [0.717, 1.165) is 23.9 Å². The molecule has 110 valence electrons. The van der Waals surface area contributed by atoms with Crippen LogP contribution in [-0.4, -0.2) is 31.3 Å². The van der Waals surface area contributed by atoms with E-state index in [2.05, 4.69) is 20.5 Å². The normalized spacial score (nSPS) is 10.4. The summed E-state index contributed by atoms with van der Waals surface area (Å²) in [6.45, 7) is 3.90. The summed E-state index contributed by atoms with van der Waals surface area (Å²) in [6.07, 6.45) is 1.41. The summed E-state index contributed by atoms with van der Waals surface area (Å²) in [5.41, 5.74) is 1.68. The summed E-state index contributed by atoms with van der Waals surface area (Å²) >= 11 is 0. The van der Waals surface area contributed by atoms with Crippen LogP contribution in [0.5, 0.6) is 11.5 Å². The van der Waals surface area contributed by atoms with Gasteiger partial charge < -0.3 is 10.2 Å². The van der Waals surface area contributed by atoms with Crippen LogP contribution in [0.15, 0.2) is 18.2 Å². The van der Waals surface area contributed by atoms with Crippen molar-refractivity contribution in [3.63, 3.8) is 0 Å². The van der Waals surface area contributed by atoms with Crippen LogP contribution >= 0.6 is 0 Å². The van der Waals surface area contributed by atoms with Gasteiger partial charge in [0.2, 0.25) is 5.95 Å². The topological polar surface area (TPSA) is 108 Å². The quantitative estimate of drug-likeness (QED) is 0.789. The van der Waals surface area contributed by atoms with E-state index in [9.17, 15) is 15.0 Å². The molecule has 0 atom stereocenters. The van der Waals surface area contributed by atoms with Crippen LogP contribution < -0.4 is 5.32 Å². The number of hydrogen-bond donors (Lipinski definition) is 3. The van der Waals surface area contributed by atoms with E-state index < -0.39 is 5.91 Å². The molecule has 0 bridgehead atoms. The van der Waals surface area contributed by atoms with Crippen molar-refractivity contribution in [2.24, 2.45) is 0 Å². The van der Waals surface area contributed by atoms with Crippen molar-refractivity contribution in [1.29, 1.82) is 0 Å². The lowest BCUT2D eigenvalue weighted by atomic mass is 10.2. The Kier molecular flexibility index (Phi) is 4.32. The highest BCUT2D eigenvalue weighted by Gasteiger charge is 2.12. The van der Waals surface area contributed by atoms with Gasteiger partial charge >= 0.3 is 0 Å². The van der Waals surface area contributed by atoms with Crippen LogP contribution in [0.3, 0.4) is 0 Å². The van der Waals surface area contributed by atoms with Crippen molar-refractivity contribution in [2.75, 3.05) is 5.32 Å². The van der Waals surface area contributed by atoms with Crippen molar-refractivity contribution in [3.05, 3.63) is 35.2 Å². The predicted octanol–water partition coefficient (Wildman–Crippen LogP) is 1.66. The molecule has 3 N–H and O–H groups in total. The zero-order chi connectivity index (χ0) is 15.4. The molecule has 0 unspecified atom stereocenters. The summed E-state index contributed by atoms with van der Waals surface area (Å²) < 4.78 is 0. The molecule has 7 heteroatoms. The molecule has 1 amide bonds. The minimum absolute atomic E-state index is 0.0943. The van der Waals surface area contributed by atoms with Gasteiger partial charge in [0, 0.05) is 11.6 Å². The third-order valence-corrected chi connectivity index (χ3v) is 2.90. The van der Waals surface area contributed by atoms with Gasteiger partial charge in [0.05, 0.1) is 11.4 Å². The van der Waals surface area contributed by atoms with E-state index in [-0.39, 0.29) is 23.0 Å². The van der Waals surface area contributed by atoms with E-state index in [4.69, 9.17) is 0 Å². The van der Waals surface area contributed by atoms with Crippen molar-refractivity contribution in [3.8, 4) is 11.5 Å². The van der Waals surface area contributed by atoms with E-state index in [0.29, 0.717) is 6.42 Å². The van der Waals surface area contributed by atoms with E-state index in [1.807, 2.05) is 13.8 Å². The third-order valence-electron chi connectivity index (χ3n) is 2.90. The lowest BCUT2D eigenvalue weighted by Crippen LogP contribution is -2.16. The molecular weight excluding hydrogens is 272 g/mol. The van der Waals surface area contributed by atoms with Crippen LogP contribution in [0, 0.1) is 0 Å². The van der Waals surface area contributed by atoms with Crippen molar-refractivity contribution >= 4 is 11.9 Å². The molecule has 0 fully saturated rings. The monoisotopic (exact) mass is 288 g/mol. The maximum Gasteiger partial charge on any atom is 0.258 e. The van der Waals surface area contributed by atoms with Gasteiger partial charge in [0.25, 0.3) is 5.91 Å². The molecule has 0 saturated carbocycles. The van der Waals surface area contributed by atoms with Gasteiger partial charge in [0.15, 0.2) is 0 Å². The van der Waals surface area contributed by atoms with Gasteiger partial charge in [-0.15, -0.1) is 10.2 Å². The van der Waals surface area contributed by atoms with Crippen LogP contribution in [0.2, 0.25) is 0 Å². The molecule has 1 aromatic heterocycles. The Hall–Kier alpha value is -2.70. The fraction of sp³-hybridized carbons (Fsp3) is 0.286. The molecule has 0 aliphatic heterocycles. The third kappa shape index (κ3) is 3.44. The van der Waals surface area contributed by atoms with Gasteiger partial charge in [-0.1, -0.05) is 13.8 Å². The van der Waals surface area contributed by atoms with E-state index in [1.165, 1.54) is 12.1 Å². The second-order valence-electron chi connectivity index (χ2n) is 4.43. The standard InChI is InChI=1S/C14H16N4O3/c1-3-11-12(4-2)17-18-14(15-11)16-13(21)8-5-9(19)7-10(20)6-8/h5-7,19-20H,3-4H2,1-2H3,(H,15,16,18,21). The summed E-state index contributed by atoms with van der Waals surface area (Å²) in [7, 11) is 0. The average molecular weight is 288 g/mol. The molecule has 1 aromatic carbocycles. The Morgan fingerprint density at radius 3 is 2.24 bits per heavy atom. The summed E-state index contributed by atoms with van der Waals surface area (Å²) in [5, 5.41) is 29.1. The number of aromatic nitrogens is 3. The summed E-state index contributed by atoms with van der Waals surface area (Å²) in [4.78, 5) is 16.3. The van der Waals surface area contributed by atoms with Crippen molar-refractivity contribution in [2.45, 2.75) is 26.7 Å². The largest absolute Gasteiger partial charge is 0.508 e. The zero-order valence-electron chi connectivity index (χ0n) is 11.8. The first kappa shape index (κ1) is 14.7. The first-order valence-corrected chi connectivity index (χ1v) is 6.60. The number of anilines is 1. The predicted molar refractivity (Wildman–Crippen MR) is 76.3 cm³/mol. The molecule has 0 spiro atoms. The zero-order valence-corrected chi connectivity index (χ0v) is 11.8. The highest BCUT2D eigenvalue weighted by Crippen LogP contribution is 2.20. The Labute approximate surface area is 121 Å². The number of nitrogens with zero attached hydrogens (tertiary/aromatic N) is 3. The van der Waals surface area contributed by atoms with Gasteiger partial charge in [-0.25, -0.2) is 4.98 Å². The summed E-state index contributed by atoms with van der Waals surface area (Å²) in [5.74, 6) is -0.837. The fourth-order valence-corrected chi connectivity index (χ4v) is 1.89. The van der Waals surface area contributed by atoms with Crippen LogP contribution in [0.4, 0.5) is 5.95 Å². The van der Waals surface area contributed by atoms with E-state index in [1.54, 1.807) is 0 Å². The van der Waals surface area contributed by atoms with Gasteiger partial charge in [-0.3, -0.25) is 10.1 Å². The molecule has 2 aromatic rings. The number of benzene rings is 1. The number of carbonyl (C=O) groups excluding carboxylic acids is 1. The van der Waals surface area contributed by atoms with Gasteiger partial charge in [-0.05, 0) is 25.0 Å². The van der Waals surface area contributed by atoms with E-state index >= 15 is 0 Å². The Morgan fingerprint density at radius 1 is 1.05 bits per heavy atom.